The van der Waals surface area contributed by atoms with E-state index in [-0.39, 0.29) is 11.2 Å². The number of anilines is 1. The Morgan fingerprint density at radius 1 is 0.938 bits per heavy atom. The van der Waals surface area contributed by atoms with Gasteiger partial charge in [-0.3, -0.25) is 0 Å². The van der Waals surface area contributed by atoms with Crippen molar-refractivity contribution >= 4 is 11.3 Å². The molecule has 10 heteroatoms. The first-order chi connectivity index (χ1) is 15.4. The number of hydrogen-bond acceptors (Lipinski definition) is 7. The SMILES string of the molecule is Cc1ccc2nnc(C(F)(F)c3cccc(-c4ncc(N5CCN(C)CC5)cn4)c3)n2n1. The lowest BCUT2D eigenvalue weighted by Gasteiger charge is -2.33. The van der Waals surface area contributed by atoms with E-state index in [1.807, 2.05) is 0 Å². The molecule has 0 spiro atoms. The predicted molar refractivity (Wildman–Crippen MR) is 116 cm³/mol. The minimum Gasteiger partial charge on any atom is -0.366 e. The summed E-state index contributed by atoms with van der Waals surface area (Å²) in [5.74, 6) is -3.53. The second-order valence-corrected chi connectivity index (χ2v) is 7.98. The van der Waals surface area contributed by atoms with Crippen molar-refractivity contribution in [2.24, 2.45) is 0 Å². The summed E-state index contributed by atoms with van der Waals surface area (Å²) < 4.78 is 31.9. The summed E-state index contributed by atoms with van der Waals surface area (Å²) in [6.45, 7) is 5.49. The second kappa shape index (κ2) is 7.86. The Hall–Kier alpha value is -3.53. The smallest absolute Gasteiger partial charge is 0.333 e. The number of likely N-dealkylation sites (N-methyl/N-ethyl adjacent to an activating group) is 1. The number of halogens is 2. The number of piperazine rings is 1. The Labute approximate surface area is 183 Å². The third-order valence-corrected chi connectivity index (χ3v) is 5.67. The van der Waals surface area contributed by atoms with Crippen molar-refractivity contribution in [1.82, 2.24) is 34.7 Å². The summed E-state index contributed by atoms with van der Waals surface area (Å²) in [7, 11) is 2.10. The molecule has 164 valence electrons. The minimum atomic E-state index is -3.39. The van der Waals surface area contributed by atoms with Gasteiger partial charge in [-0.1, -0.05) is 18.2 Å². The van der Waals surface area contributed by atoms with E-state index in [1.54, 1.807) is 43.6 Å². The Bertz CT molecular complexity index is 1250. The molecule has 1 fully saturated rings. The number of aryl methyl sites for hydroxylation is 1. The lowest BCUT2D eigenvalue weighted by Crippen LogP contribution is -2.44. The first-order valence-corrected chi connectivity index (χ1v) is 10.4. The number of aromatic nitrogens is 6. The van der Waals surface area contributed by atoms with Gasteiger partial charge in [0.2, 0.25) is 5.82 Å². The summed E-state index contributed by atoms with van der Waals surface area (Å²) in [6.07, 6.45) is 3.49. The zero-order valence-electron chi connectivity index (χ0n) is 17.8. The van der Waals surface area contributed by atoms with E-state index in [4.69, 9.17) is 0 Å². The summed E-state index contributed by atoms with van der Waals surface area (Å²) in [5, 5.41) is 11.7. The van der Waals surface area contributed by atoms with Crippen molar-refractivity contribution in [3.8, 4) is 11.4 Å². The van der Waals surface area contributed by atoms with Crippen molar-refractivity contribution in [3.63, 3.8) is 0 Å². The van der Waals surface area contributed by atoms with Crippen LogP contribution in [-0.4, -0.2) is 67.9 Å². The average Bonchev–Trinajstić information content (AvgIpc) is 3.24. The second-order valence-electron chi connectivity index (χ2n) is 7.98. The zero-order chi connectivity index (χ0) is 22.3. The molecule has 0 atom stereocenters. The molecule has 0 bridgehead atoms. The van der Waals surface area contributed by atoms with Crippen molar-refractivity contribution in [2.75, 3.05) is 38.1 Å². The molecule has 1 saturated heterocycles. The number of rotatable bonds is 4. The van der Waals surface area contributed by atoms with Crippen LogP contribution in [0.3, 0.4) is 0 Å². The standard InChI is InChI=1S/C22H22F2N8/c1-15-6-7-19-27-28-21(32(19)29-15)22(23,24)17-5-3-4-16(12-17)20-25-13-18(14-26-20)31-10-8-30(2)9-11-31/h3-7,12-14H,8-11H2,1-2H3. The Morgan fingerprint density at radius 2 is 1.69 bits per heavy atom. The summed E-state index contributed by atoms with van der Waals surface area (Å²) in [4.78, 5) is 13.4. The van der Waals surface area contributed by atoms with Gasteiger partial charge in [0.15, 0.2) is 11.5 Å². The Kier molecular flexibility index (Phi) is 5.01. The van der Waals surface area contributed by atoms with Crippen LogP contribution in [0, 0.1) is 6.92 Å². The molecule has 1 aromatic carbocycles. The highest BCUT2D eigenvalue weighted by Crippen LogP contribution is 2.36. The normalized spacial score (nSPS) is 15.4. The molecule has 0 saturated carbocycles. The Morgan fingerprint density at radius 3 is 2.44 bits per heavy atom. The van der Waals surface area contributed by atoms with Crippen LogP contribution in [0.1, 0.15) is 17.1 Å². The van der Waals surface area contributed by atoms with Crippen LogP contribution in [0.2, 0.25) is 0 Å². The van der Waals surface area contributed by atoms with E-state index < -0.39 is 11.7 Å². The van der Waals surface area contributed by atoms with Gasteiger partial charge in [0.05, 0.1) is 23.8 Å². The van der Waals surface area contributed by atoms with E-state index in [0.29, 0.717) is 17.1 Å². The Balaban J connectivity index is 1.44. The molecule has 0 radical (unpaired) electrons. The monoisotopic (exact) mass is 436 g/mol. The van der Waals surface area contributed by atoms with Gasteiger partial charge < -0.3 is 9.80 Å². The van der Waals surface area contributed by atoms with E-state index in [9.17, 15) is 0 Å². The predicted octanol–water partition coefficient (Wildman–Crippen LogP) is 2.78. The van der Waals surface area contributed by atoms with Gasteiger partial charge in [-0.25, -0.2) is 9.97 Å². The van der Waals surface area contributed by atoms with Crippen LogP contribution in [0.25, 0.3) is 17.0 Å². The van der Waals surface area contributed by atoms with Crippen LogP contribution in [0.5, 0.6) is 0 Å². The number of benzene rings is 1. The van der Waals surface area contributed by atoms with Crippen LogP contribution < -0.4 is 4.90 Å². The molecule has 5 rings (SSSR count). The highest BCUT2D eigenvalue weighted by atomic mass is 19.3. The van der Waals surface area contributed by atoms with Crippen molar-refractivity contribution in [2.45, 2.75) is 12.8 Å². The summed E-state index contributed by atoms with van der Waals surface area (Å²) in [5.41, 5.74) is 2.07. The fraction of sp³-hybridized carbons (Fsp3) is 0.318. The fourth-order valence-corrected chi connectivity index (χ4v) is 3.76. The van der Waals surface area contributed by atoms with Crippen LogP contribution >= 0.6 is 0 Å². The molecule has 1 aliphatic rings. The first-order valence-electron chi connectivity index (χ1n) is 10.4. The molecule has 0 aliphatic carbocycles. The summed E-state index contributed by atoms with van der Waals surface area (Å²) >= 11 is 0. The molecule has 3 aromatic heterocycles. The fourth-order valence-electron chi connectivity index (χ4n) is 3.76. The van der Waals surface area contributed by atoms with Crippen LogP contribution in [0.15, 0.2) is 48.8 Å². The van der Waals surface area contributed by atoms with E-state index in [2.05, 4.69) is 42.1 Å². The van der Waals surface area contributed by atoms with Crippen molar-refractivity contribution in [1.29, 1.82) is 0 Å². The maximum atomic E-state index is 15.4. The zero-order valence-corrected chi connectivity index (χ0v) is 17.8. The minimum absolute atomic E-state index is 0.223. The van der Waals surface area contributed by atoms with Gasteiger partial charge in [0.25, 0.3) is 0 Å². The van der Waals surface area contributed by atoms with Gasteiger partial charge >= 0.3 is 5.92 Å². The maximum absolute atomic E-state index is 15.4. The topological polar surface area (TPSA) is 75.3 Å². The van der Waals surface area contributed by atoms with Gasteiger partial charge in [-0.05, 0) is 32.2 Å². The van der Waals surface area contributed by atoms with E-state index in [1.165, 1.54) is 12.1 Å². The number of alkyl halides is 2. The molecule has 4 aromatic rings. The molecule has 0 amide bonds. The van der Waals surface area contributed by atoms with E-state index >= 15 is 8.78 Å². The van der Waals surface area contributed by atoms with E-state index in [0.717, 1.165) is 36.4 Å². The molecular weight excluding hydrogens is 414 g/mol. The number of fused-ring (bicyclic) bond motifs is 1. The first kappa shape index (κ1) is 20.4. The lowest BCUT2D eigenvalue weighted by atomic mass is 10.0. The highest BCUT2D eigenvalue weighted by molar-refractivity contribution is 5.58. The number of hydrogen-bond donors (Lipinski definition) is 0. The molecule has 0 N–H and O–H groups in total. The molecule has 4 heterocycles. The van der Waals surface area contributed by atoms with Gasteiger partial charge in [0, 0.05) is 37.3 Å². The van der Waals surface area contributed by atoms with Crippen LogP contribution in [-0.2, 0) is 5.92 Å². The molecule has 8 nitrogen and oxygen atoms in total. The molecule has 1 aliphatic heterocycles. The third-order valence-electron chi connectivity index (χ3n) is 5.67. The van der Waals surface area contributed by atoms with Crippen LogP contribution in [0.4, 0.5) is 14.5 Å². The third kappa shape index (κ3) is 3.66. The van der Waals surface area contributed by atoms with Gasteiger partial charge in [-0.2, -0.15) is 18.4 Å². The van der Waals surface area contributed by atoms with Gasteiger partial charge in [-0.15, -0.1) is 10.2 Å². The molecular formula is C22H22F2N8. The summed E-state index contributed by atoms with van der Waals surface area (Å²) in [6, 6.07) is 9.35. The average molecular weight is 436 g/mol. The molecule has 32 heavy (non-hydrogen) atoms. The maximum Gasteiger partial charge on any atom is 0.333 e. The number of nitrogens with zero attached hydrogens (tertiary/aromatic N) is 8. The van der Waals surface area contributed by atoms with Crippen molar-refractivity contribution in [3.05, 3.63) is 65.9 Å². The highest BCUT2D eigenvalue weighted by Gasteiger charge is 2.40. The molecule has 0 unspecified atom stereocenters. The largest absolute Gasteiger partial charge is 0.366 e. The van der Waals surface area contributed by atoms with Gasteiger partial charge in [0.1, 0.15) is 0 Å². The lowest BCUT2D eigenvalue weighted by molar-refractivity contribution is 0.0306. The van der Waals surface area contributed by atoms with Crippen molar-refractivity contribution < 1.29 is 8.78 Å². The quantitative estimate of drug-likeness (QED) is 0.487.